The first-order valence-corrected chi connectivity index (χ1v) is 50.3. The SMILES string of the molecule is CC(=O)NCC1=CC2C(C(=O)C1=O)C(c1ccccc1)=CN2S(=O)(=O)c1ccccc1.CC(=O)NCC1=CC2C(C(=O)C1=O)C(c1ccccc1)=CN2S(C)(=O)=O.CS(=O)(=O)N1C=C(c2ccccc2)C2C(=O)C(=O)C(CN)=CC21.NCC1=CC2C(C(=O)C1=O)C(c1ccccc1)=CN2S(=O)(=O)c1ccccc1.O=C1C(=O)C2C(c3ccccc3)=CN(S(=O)(=O)c3ccccc3)C2C=C1CO. The number of carbonyl (C=O) groups excluding carboxylic acids is 12. The van der Waals surface area contributed by atoms with Crippen molar-refractivity contribution in [1.29, 1.82) is 0 Å². The maximum Gasteiger partial charge on any atom is 0.264 e. The minimum atomic E-state index is -3.98. The van der Waals surface area contributed by atoms with E-state index in [-0.39, 0.29) is 80.5 Å². The van der Waals surface area contributed by atoms with Crippen LogP contribution >= 0.6 is 0 Å². The molecule has 10 unspecified atom stereocenters. The number of carbonyl (C=O) groups is 12. The van der Waals surface area contributed by atoms with Gasteiger partial charge in [0.25, 0.3) is 30.1 Å². The molecule has 0 fully saturated rings. The molecule has 7 N–H and O–H groups in total. The molecule has 0 saturated carbocycles. The second-order valence-electron chi connectivity index (χ2n) is 32.5. The topological polar surface area (TPSA) is 488 Å². The summed E-state index contributed by atoms with van der Waals surface area (Å²) in [6.45, 7) is 1.53. The van der Waals surface area contributed by atoms with Crippen molar-refractivity contribution in [3.63, 3.8) is 0 Å². The number of ketones is 10. The Labute approximate surface area is 784 Å². The Balaban J connectivity index is 0.000000136. The number of Topliss-reactive ketones (excluding diaryl/α,β-unsaturated/α-hetero) is 10. The highest BCUT2D eigenvalue weighted by molar-refractivity contribution is 7.90. The average Bonchev–Trinajstić information content (AvgIpc) is 1.62. The van der Waals surface area contributed by atoms with Gasteiger partial charge in [0.05, 0.1) is 93.6 Å². The maximum absolute atomic E-state index is 13.4. The van der Waals surface area contributed by atoms with Gasteiger partial charge in [-0.1, -0.05) is 237 Å². The summed E-state index contributed by atoms with van der Waals surface area (Å²) in [5, 5.41) is 14.4. The van der Waals surface area contributed by atoms with Crippen LogP contribution in [-0.2, 0) is 108 Å². The number of nitrogens with zero attached hydrogens (tertiary/aromatic N) is 5. The standard InChI is InChI=1S/C23H20N2O5S.C21H18N2O4S.C21H17NO5S.C18H18N2O5S.C16H16N2O4S/c1-15(26)24-13-17-12-20-21(23(28)22(17)27)19(16-8-4-2-5-9-16)14-25(20)31(29,30)18-10-6-3-7-11-18;22-12-15-11-18-19(21(25)20(15)24)17(14-7-3-1-4-8-14)13-23(18)28(26,27)16-9-5-2-6-10-16;23-13-15-11-18-19(21(25)20(15)24)17(14-7-3-1-4-8-14)12-22(18)28(26,27)16-9-5-2-6-10-16;1-11(21)19-9-13-8-15-16(18(23)17(13)22)14(10-20(15)26(2,24)25)12-6-4-3-5-7-12;1-23(21,22)18-9-12(10-5-3-2-4-6-10)14-13(18)7-11(8-17)15(19)16(14)20/h2-12,14,20-21H,13H2,1H3,(H,24,26);1-11,13,18-19H,12,22H2;1-12,18-19,23H,13H2;3-8,10,15-16H,9H2,1-2H3,(H,19,21);2-7,9,13-14H,8,17H2,1H3. The Morgan fingerprint density at radius 3 is 0.676 bits per heavy atom. The first-order valence-electron chi connectivity index (χ1n) is 42.3. The van der Waals surface area contributed by atoms with Gasteiger partial charge in [-0.15, -0.1) is 0 Å². The number of aliphatic hydroxyl groups is 1. The van der Waals surface area contributed by atoms with E-state index >= 15 is 0 Å². The molecule has 0 spiro atoms. The van der Waals surface area contributed by atoms with Crippen molar-refractivity contribution in [2.45, 2.75) is 58.7 Å². The zero-order valence-corrected chi connectivity index (χ0v) is 77.1. The van der Waals surface area contributed by atoms with Crippen LogP contribution in [0.15, 0.2) is 347 Å². The smallest absolute Gasteiger partial charge is 0.264 e. The van der Waals surface area contributed by atoms with E-state index in [1.165, 1.54) is 116 Å². The Morgan fingerprint density at radius 2 is 0.471 bits per heavy atom. The van der Waals surface area contributed by atoms with Crippen molar-refractivity contribution in [3.8, 4) is 0 Å². The summed E-state index contributed by atoms with van der Waals surface area (Å²) >= 11 is 0. The molecular formula is C99H89N9O23S5. The molecule has 5 heterocycles. The number of amides is 2. The van der Waals surface area contributed by atoms with Crippen LogP contribution in [0.1, 0.15) is 41.7 Å². The summed E-state index contributed by atoms with van der Waals surface area (Å²) in [5.74, 6) is -12.0. The largest absolute Gasteiger partial charge is 0.392 e. The second kappa shape index (κ2) is 39.9. The highest BCUT2D eigenvalue weighted by Crippen LogP contribution is 2.48. The summed E-state index contributed by atoms with van der Waals surface area (Å²) in [4.78, 5) is 149. The van der Waals surface area contributed by atoms with Crippen molar-refractivity contribution >= 4 is 148 Å². The Bertz CT molecular complexity index is 7020. The van der Waals surface area contributed by atoms with Crippen molar-refractivity contribution in [1.82, 2.24) is 32.2 Å². The van der Waals surface area contributed by atoms with Gasteiger partial charge in [-0.05, 0) is 92.1 Å². The second-order valence-corrected chi connectivity index (χ2v) is 41.8. The van der Waals surface area contributed by atoms with E-state index in [1.807, 2.05) is 30.3 Å². The van der Waals surface area contributed by atoms with Crippen LogP contribution in [0.3, 0.4) is 0 Å². The van der Waals surface area contributed by atoms with Gasteiger partial charge in [0, 0.05) is 98.9 Å². The minimum Gasteiger partial charge on any atom is -0.392 e. The van der Waals surface area contributed by atoms with Gasteiger partial charge in [0.1, 0.15) is 0 Å². The summed E-state index contributed by atoms with van der Waals surface area (Å²) in [6, 6.07) is 64.4. The predicted molar refractivity (Wildman–Crippen MR) is 501 cm³/mol. The van der Waals surface area contributed by atoms with Crippen LogP contribution in [0.5, 0.6) is 0 Å². The fourth-order valence-corrected chi connectivity index (χ4v) is 23.8. The molecule has 8 aromatic carbocycles. The first-order chi connectivity index (χ1) is 64.7. The lowest BCUT2D eigenvalue weighted by Gasteiger charge is -2.30. The fraction of sp³-hybridized carbons (Fsp3) is 0.192. The zero-order chi connectivity index (χ0) is 97.8. The monoisotopic (exact) mass is 1930 g/mol. The van der Waals surface area contributed by atoms with Gasteiger partial charge in [0.2, 0.25) is 89.7 Å². The van der Waals surface area contributed by atoms with Gasteiger partial charge >= 0.3 is 0 Å². The van der Waals surface area contributed by atoms with Crippen LogP contribution < -0.4 is 22.1 Å². The molecule has 5 aliphatic carbocycles. The molecule has 10 atom stereocenters. The molecule has 32 nitrogen and oxygen atoms in total. The number of sulfonamides is 5. The zero-order valence-electron chi connectivity index (χ0n) is 73.0. The van der Waals surface area contributed by atoms with Crippen LogP contribution in [0.2, 0.25) is 0 Å². The van der Waals surface area contributed by atoms with Crippen LogP contribution in [0.25, 0.3) is 27.9 Å². The lowest BCUT2D eigenvalue weighted by Crippen LogP contribution is -2.45. The molecule has 0 bridgehead atoms. The third-order valence-corrected chi connectivity index (χ3v) is 31.5. The molecule has 8 aromatic rings. The Hall–Kier alpha value is -14.6. The van der Waals surface area contributed by atoms with Crippen LogP contribution in [-0.4, -0.2) is 214 Å². The summed E-state index contributed by atoms with van der Waals surface area (Å²) in [5.41, 5.74) is 17.5. The number of fused-ring (bicyclic) bond motifs is 5. The highest BCUT2D eigenvalue weighted by Gasteiger charge is 2.55. The quantitative estimate of drug-likeness (QED) is 0.0523. The number of hydrogen-bond donors (Lipinski definition) is 5. The number of nitrogens with two attached hydrogens (primary N) is 2. The van der Waals surface area contributed by atoms with Gasteiger partial charge in [-0.25, -0.2) is 42.1 Å². The lowest BCUT2D eigenvalue weighted by atomic mass is 9.79. The molecule has 5 aliphatic heterocycles. The molecule has 10 aliphatic rings. The summed E-state index contributed by atoms with van der Waals surface area (Å²) < 4.78 is 134. The Kier molecular flexibility index (Phi) is 28.6. The van der Waals surface area contributed by atoms with E-state index < -0.39 is 174 Å². The van der Waals surface area contributed by atoms with Crippen LogP contribution in [0.4, 0.5) is 0 Å². The molecular weight excluding hydrogens is 1840 g/mol. The van der Waals surface area contributed by atoms with Crippen LogP contribution in [0, 0.1) is 29.6 Å². The third kappa shape index (κ3) is 19.5. The Morgan fingerprint density at radius 1 is 0.287 bits per heavy atom. The van der Waals surface area contributed by atoms with Crippen molar-refractivity contribution in [2.75, 3.05) is 45.3 Å². The van der Waals surface area contributed by atoms with Gasteiger partial charge < -0.3 is 27.2 Å². The summed E-state index contributed by atoms with van der Waals surface area (Å²) in [7, 11) is -19.1. The number of benzene rings is 8. The normalized spacial score (nSPS) is 22.2. The first kappa shape index (κ1) is 97.5. The van der Waals surface area contributed by atoms with Crippen molar-refractivity contribution in [2.24, 2.45) is 41.1 Å². The molecule has 0 aromatic heterocycles. The lowest BCUT2D eigenvalue weighted by molar-refractivity contribution is -0.137. The van der Waals surface area contributed by atoms with Crippen molar-refractivity contribution in [3.05, 3.63) is 360 Å². The number of rotatable bonds is 20. The maximum atomic E-state index is 13.4. The minimum absolute atomic E-state index is 0.0809. The third-order valence-electron chi connectivity index (χ3n) is 24.0. The average molecular weight is 1930 g/mol. The molecule has 18 rings (SSSR count). The predicted octanol–water partition coefficient (Wildman–Crippen LogP) is 6.30. The van der Waals surface area contributed by atoms with E-state index in [0.29, 0.717) is 50.1 Å². The molecule has 0 radical (unpaired) electrons. The van der Waals surface area contributed by atoms with E-state index in [9.17, 15) is 105 Å². The molecule has 136 heavy (non-hydrogen) atoms. The van der Waals surface area contributed by atoms with Gasteiger partial charge in [-0.3, -0.25) is 79.1 Å². The van der Waals surface area contributed by atoms with E-state index in [4.69, 9.17) is 11.5 Å². The van der Waals surface area contributed by atoms with Gasteiger partial charge in [-0.2, -0.15) is 0 Å². The van der Waals surface area contributed by atoms with E-state index in [2.05, 4.69) is 10.6 Å². The number of hydrogen-bond acceptors (Lipinski definition) is 25. The highest BCUT2D eigenvalue weighted by atomic mass is 32.2. The van der Waals surface area contributed by atoms with Crippen molar-refractivity contribution < 1.29 is 105 Å². The van der Waals surface area contributed by atoms with E-state index in [0.717, 1.165) is 35.3 Å². The molecule has 37 heteroatoms. The molecule has 0 saturated heterocycles. The summed E-state index contributed by atoms with van der Waals surface area (Å²) in [6.07, 6.45) is 16.7. The number of nitrogens with one attached hydrogen (secondary N) is 2. The molecule has 2 amide bonds. The fourth-order valence-electron chi connectivity index (χ4n) is 17.5. The van der Waals surface area contributed by atoms with E-state index in [1.54, 1.807) is 176 Å². The molecule has 698 valence electrons. The number of aliphatic hydroxyl groups excluding tert-OH is 1. The van der Waals surface area contributed by atoms with Gasteiger partial charge in [0.15, 0.2) is 0 Å².